The molecule has 1 fully saturated rings. The van der Waals surface area contributed by atoms with Gasteiger partial charge in [0, 0.05) is 32.3 Å². The molecular weight excluding hydrogens is 224 g/mol. The van der Waals surface area contributed by atoms with Gasteiger partial charge in [-0.3, -0.25) is 0 Å². The van der Waals surface area contributed by atoms with Gasteiger partial charge in [0.1, 0.15) is 0 Å². The highest BCUT2D eigenvalue weighted by Crippen LogP contribution is 2.22. The van der Waals surface area contributed by atoms with Crippen LogP contribution in [0.3, 0.4) is 0 Å². The molecule has 0 aromatic rings. The molecule has 1 saturated heterocycles. The fourth-order valence-electron chi connectivity index (χ4n) is 2.64. The Morgan fingerprint density at radius 3 is 2.28 bits per heavy atom. The minimum atomic E-state index is 0.326. The van der Waals surface area contributed by atoms with E-state index in [4.69, 9.17) is 4.74 Å². The third kappa shape index (κ3) is 5.25. The highest BCUT2D eigenvalue weighted by Gasteiger charge is 2.28. The monoisotopic (exact) mass is 256 g/mol. The predicted molar refractivity (Wildman–Crippen MR) is 78.0 cm³/mol. The van der Waals surface area contributed by atoms with Crippen LogP contribution in [0, 0.1) is 5.41 Å². The quantitative estimate of drug-likeness (QED) is 0.790. The Labute approximate surface area is 113 Å². The number of likely N-dealkylation sites (tertiary alicyclic amines) is 1. The first-order valence-electron chi connectivity index (χ1n) is 7.54. The van der Waals surface area contributed by atoms with Crippen molar-refractivity contribution in [2.75, 3.05) is 32.8 Å². The average Bonchev–Trinajstić information content (AvgIpc) is 2.30. The summed E-state index contributed by atoms with van der Waals surface area (Å²) in [4.78, 5) is 2.59. The van der Waals surface area contributed by atoms with Crippen LogP contribution < -0.4 is 5.32 Å². The highest BCUT2D eigenvalue weighted by atomic mass is 16.5. The van der Waals surface area contributed by atoms with Crippen LogP contribution in [-0.4, -0.2) is 49.8 Å². The van der Waals surface area contributed by atoms with Crippen LogP contribution in [0.4, 0.5) is 0 Å². The van der Waals surface area contributed by atoms with E-state index in [1.54, 1.807) is 0 Å². The second kappa shape index (κ2) is 7.46. The molecule has 0 aromatic heterocycles. The fraction of sp³-hybridized carbons (Fsp3) is 1.00. The van der Waals surface area contributed by atoms with Crippen molar-refractivity contribution in [3.05, 3.63) is 0 Å². The molecule has 1 aliphatic heterocycles. The van der Waals surface area contributed by atoms with Gasteiger partial charge in [-0.2, -0.15) is 0 Å². The van der Waals surface area contributed by atoms with Gasteiger partial charge in [0.15, 0.2) is 0 Å². The lowest BCUT2D eigenvalue weighted by atomic mass is 9.86. The summed E-state index contributed by atoms with van der Waals surface area (Å²) in [7, 11) is 0. The summed E-state index contributed by atoms with van der Waals surface area (Å²) in [6.45, 7) is 16.7. The first kappa shape index (κ1) is 15.9. The molecule has 3 heteroatoms. The van der Waals surface area contributed by atoms with Crippen LogP contribution in [0.15, 0.2) is 0 Å². The Morgan fingerprint density at radius 1 is 1.22 bits per heavy atom. The molecule has 0 bridgehead atoms. The van der Waals surface area contributed by atoms with E-state index in [0.29, 0.717) is 17.6 Å². The molecular formula is C15H32N2O. The molecule has 18 heavy (non-hydrogen) atoms. The maximum Gasteiger partial charge on any atom is 0.0599 e. The molecule has 0 amide bonds. The molecule has 3 nitrogen and oxygen atoms in total. The Balaban J connectivity index is 2.38. The van der Waals surface area contributed by atoms with Gasteiger partial charge in [-0.05, 0) is 31.7 Å². The second-order valence-corrected chi connectivity index (χ2v) is 6.43. The van der Waals surface area contributed by atoms with Crippen molar-refractivity contribution in [1.82, 2.24) is 10.2 Å². The summed E-state index contributed by atoms with van der Waals surface area (Å²) in [5.41, 5.74) is 0.326. The summed E-state index contributed by atoms with van der Waals surface area (Å²) in [6, 6.07) is 0.575. The van der Waals surface area contributed by atoms with Crippen LogP contribution in [0.2, 0.25) is 0 Å². The Bertz CT molecular complexity index is 217. The topological polar surface area (TPSA) is 24.5 Å². The van der Waals surface area contributed by atoms with Crippen LogP contribution in [0.25, 0.3) is 0 Å². The van der Waals surface area contributed by atoms with E-state index >= 15 is 0 Å². The summed E-state index contributed by atoms with van der Waals surface area (Å²) >= 11 is 0. The Kier molecular flexibility index (Phi) is 6.61. The zero-order chi connectivity index (χ0) is 13.6. The van der Waals surface area contributed by atoms with Crippen molar-refractivity contribution in [2.24, 2.45) is 5.41 Å². The third-order valence-corrected chi connectivity index (χ3v) is 3.87. The van der Waals surface area contributed by atoms with E-state index in [1.165, 1.54) is 25.9 Å². The number of likely N-dealkylation sites (N-methyl/N-ethyl adjacent to an activating group) is 1. The van der Waals surface area contributed by atoms with Crippen molar-refractivity contribution in [3.63, 3.8) is 0 Å². The van der Waals surface area contributed by atoms with Gasteiger partial charge >= 0.3 is 0 Å². The average molecular weight is 256 g/mol. The van der Waals surface area contributed by atoms with Crippen LogP contribution in [0.5, 0.6) is 0 Å². The molecule has 1 heterocycles. The van der Waals surface area contributed by atoms with Gasteiger partial charge in [0.25, 0.3) is 0 Å². The summed E-state index contributed by atoms with van der Waals surface area (Å²) in [5, 5.41) is 3.63. The maximum absolute atomic E-state index is 5.71. The molecule has 108 valence electrons. The number of hydrogen-bond donors (Lipinski definition) is 1. The van der Waals surface area contributed by atoms with Crippen molar-refractivity contribution < 1.29 is 4.74 Å². The van der Waals surface area contributed by atoms with Crippen LogP contribution >= 0.6 is 0 Å². The summed E-state index contributed by atoms with van der Waals surface area (Å²) in [5.74, 6) is 0. The molecule has 0 aliphatic carbocycles. The normalized spacial score (nSPS) is 21.2. The lowest BCUT2D eigenvalue weighted by Crippen LogP contribution is -2.50. The van der Waals surface area contributed by atoms with Gasteiger partial charge in [0.05, 0.1) is 6.10 Å². The Morgan fingerprint density at radius 2 is 1.83 bits per heavy atom. The number of ether oxygens (including phenoxy) is 1. The second-order valence-electron chi connectivity index (χ2n) is 6.43. The number of hydrogen-bond acceptors (Lipinski definition) is 3. The predicted octanol–water partition coefficient (Wildman–Crippen LogP) is 2.51. The highest BCUT2D eigenvalue weighted by molar-refractivity contribution is 4.85. The molecule has 1 rings (SSSR count). The largest absolute Gasteiger partial charge is 0.378 e. The van der Waals surface area contributed by atoms with Crippen molar-refractivity contribution in [1.29, 1.82) is 0 Å². The van der Waals surface area contributed by atoms with Gasteiger partial charge in [-0.15, -0.1) is 0 Å². The number of nitrogens with zero attached hydrogens (tertiary/aromatic N) is 1. The van der Waals surface area contributed by atoms with E-state index in [-0.39, 0.29) is 0 Å². The number of rotatable bonds is 6. The van der Waals surface area contributed by atoms with Crippen molar-refractivity contribution in [3.8, 4) is 0 Å². The van der Waals surface area contributed by atoms with E-state index in [0.717, 1.165) is 19.7 Å². The number of piperidine rings is 1. The van der Waals surface area contributed by atoms with Crippen LogP contribution in [-0.2, 0) is 4.74 Å². The van der Waals surface area contributed by atoms with E-state index in [1.807, 2.05) is 0 Å². The molecule has 1 unspecified atom stereocenters. The molecule has 0 aromatic carbocycles. The van der Waals surface area contributed by atoms with Gasteiger partial charge in [-0.25, -0.2) is 0 Å². The lowest BCUT2D eigenvalue weighted by Gasteiger charge is -2.39. The summed E-state index contributed by atoms with van der Waals surface area (Å²) in [6.07, 6.45) is 2.88. The van der Waals surface area contributed by atoms with Crippen LogP contribution in [0.1, 0.15) is 47.5 Å². The molecule has 0 radical (unpaired) electrons. The minimum Gasteiger partial charge on any atom is -0.378 e. The van der Waals surface area contributed by atoms with Gasteiger partial charge in [0.2, 0.25) is 0 Å². The smallest absolute Gasteiger partial charge is 0.0599 e. The zero-order valence-corrected chi connectivity index (χ0v) is 13.0. The third-order valence-electron chi connectivity index (χ3n) is 3.87. The first-order chi connectivity index (χ1) is 8.47. The van der Waals surface area contributed by atoms with Gasteiger partial charge < -0.3 is 15.0 Å². The molecule has 0 saturated carbocycles. The Hall–Kier alpha value is -0.120. The van der Waals surface area contributed by atoms with Crippen molar-refractivity contribution in [2.45, 2.75) is 59.6 Å². The fourth-order valence-corrected chi connectivity index (χ4v) is 2.64. The van der Waals surface area contributed by atoms with Crippen molar-refractivity contribution >= 4 is 0 Å². The van der Waals surface area contributed by atoms with E-state index in [2.05, 4.69) is 44.8 Å². The molecule has 1 aliphatic rings. The lowest BCUT2D eigenvalue weighted by molar-refractivity contribution is 0.00931. The molecule has 0 spiro atoms. The number of nitrogens with one attached hydrogen (secondary N) is 1. The molecule has 1 N–H and O–H groups in total. The molecule has 1 atom stereocenters. The minimum absolute atomic E-state index is 0.326. The standard InChI is InChI=1S/C15H32N2O/c1-6-16-14(15(3,4)5)12-17-10-8-13(9-11-17)18-7-2/h13-14,16H,6-12H2,1-5H3. The summed E-state index contributed by atoms with van der Waals surface area (Å²) < 4.78 is 5.71. The van der Waals surface area contributed by atoms with E-state index in [9.17, 15) is 0 Å². The SMILES string of the molecule is CCNC(CN1CCC(OCC)CC1)C(C)(C)C. The first-order valence-corrected chi connectivity index (χ1v) is 7.54. The van der Waals surface area contributed by atoms with E-state index < -0.39 is 0 Å². The van der Waals surface area contributed by atoms with Gasteiger partial charge in [-0.1, -0.05) is 27.7 Å². The maximum atomic E-state index is 5.71. The zero-order valence-electron chi connectivity index (χ0n) is 13.0.